The summed E-state index contributed by atoms with van der Waals surface area (Å²) in [4.78, 5) is 11.8. The first kappa shape index (κ1) is 12.6. The van der Waals surface area contributed by atoms with Crippen LogP contribution in [-0.2, 0) is 0 Å². The average Bonchev–Trinajstić information content (AvgIpc) is 3.05. The maximum Gasteiger partial charge on any atom is 0.251 e. The Morgan fingerprint density at radius 3 is 2.83 bits per heavy atom. The molecule has 3 N–H and O–H groups in total. The van der Waals surface area contributed by atoms with Crippen molar-refractivity contribution in [3.63, 3.8) is 0 Å². The van der Waals surface area contributed by atoms with Crippen LogP contribution in [0.2, 0.25) is 0 Å². The van der Waals surface area contributed by atoms with Gasteiger partial charge in [0.05, 0.1) is 12.1 Å². The Balaban J connectivity index is 2.15. The van der Waals surface area contributed by atoms with Crippen LogP contribution in [0.4, 0.5) is 4.39 Å². The van der Waals surface area contributed by atoms with E-state index >= 15 is 0 Å². The summed E-state index contributed by atoms with van der Waals surface area (Å²) in [5.74, 6) is 4.46. The van der Waals surface area contributed by atoms with Gasteiger partial charge in [-0.1, -0.05) is 11.8 Å². The topological polar surface area (TPSA) is 55.1 Å². The zero-order valence-electron chi connectivity index (χ0n) is 10.2. The third kappa shape index (κ3) is 2.88. The molecule has 0 atom stereocenters. The maximum atomic E-state index is 13.7. The Bertz CT molecular complexity index is 538. The van der Waals surface area contributed by atoms with E-state index in [2.05, 4.69) is 17.2 Å². The van der Waals surface area contributed by atoms with Crippen molar-refractivity contribution in [2.45, 2.75) is 25.3 Å². The lowest BCUT2D eigenvalue weighted by atomic mass is 10.1. The van der Waals surface area contributed by atoms with Gasteiger partial charge in [-0.15, -0.1) is 0 Å². The van der Waals surface area contributed by atoms with Crippen molar-refractivity contribution in [1.82, 2.24) is 5.32 Å². The van der Waals surface area contributed by atoms with Crippen LogP contribution in [0.25, 0.3) is 0 Å². The largest absolute Gasteiger partial charge is 0.347 e. The number of amides is 1. The van der Waals surface area contributed by atoms with Crippen molar-refractivity contribution in [2.75, 3.05) is 6.54 Å². The number of nitrogens with two attached hydrogens (primary N) is 1. The molecular weight excluding hydrogens is 231 g/mol. The minimum atomic E-state index is -0.496. The summed E-state index contributed by atoms with van der Waals surface area (Å²) < 4.78 is 13.7. The fourth-order valence-electron chi connectivity index (χ4n) is 1.56. The van der Waals surface area contributed by atoms with Gasteiger partial charge < -0.3 is 11.1 Å². The smallest absolute Gasteiger partial charge is 0.251 e. The van der Waals surface area contributed by atoms with Crippen LogP contribution in [0.3, 0.4) is 0 Å². The number of hydrogen-bond acceptors (Lipinski definition) is 2. The molecule has 1 aliphatic carbocycles. The van der Waals surface area contributed by atoms with Gasteiger partial charge in [0, 0.05) is 11.1 Å². The van der Waals surface area contributed by atoms with Crippen LogP contribution in [0.15, 0.2) is 18.2 Å². The van der Waals surface area contributed by atoms with Crippen molar-refractivity contribution in [2.24, 2.45) is 5.73 Å². The molecule has 0 spiro atoms. The van der Waals surface area contributed by atoms with Crippen LogP contribution in [0, 0.1) is 17.7 Å². The molecule has 0 saturated heterocycles. The molecule has 1 aromatic rings. The van der Waals surface area contributed by atoms with Gasteiger partial charge in [-0.05, 0) is 38.0 Å². The standard InChI is InChI=1S/C14H15FN2O/c1-14(6-7-14)17-13(18)11-5-4-10(3-2-8-16)12(15)9-11/h4-5,9H,6-8,16H2,1H3,(H,17,18). The third-order valence-electron chi connectivity index (χ3n) is 2.97. The number of carbonyl (C=O) groups is 1. The molecule has 1 amide bonds. The number of rotatable bonds is 2. The number of halogens is 1. The quantitative estimate of drug-likeness (QED) is 0.775. The highest BCUT2D eigenvalue weighted by atomic mass is 19.1. The van der Waals surface area contributed by atoms with Crippen LogP contribution in [0.5, 0.6) is 0 Å². The maximum absolute atomic E-state index is 13.7. The molecule has 0 heterocycles. The lowest BCUT2D eigenvalue weighted by molar-refractivity contribution is 0.0935. The highest BCUT2D eigenvalue weighted by molar-refractivity contribution is 5.95. The van der Waals surface area contributed by atoms with Crippen LogP contribution in [-0.4, -0.2) is 18.0 Å². The van der Waals surface area contributed by atoms with E-state index in [1.165, 1.54) is 12.1 Å². The van der Waals surface area contributed by atoms with E-state index in [1.807, 2.05) is 6.92 Å². The SMILES string of the molecule is CC1(NC(=O)c2ccc(C#CCN)c(F)c2)CC1. The average molecular weight is 246 g/mol. The lowest BCUT2D eigenvalue weighted by Gasteiger charge is -2.11. The molecule has 94 valence electrons. The number of benzene rings is 1. The van der Waals surface area contributed by atoms with Crippen molar-refractivity contribution in [3.8, 4) is 11.8 Å². The van der Waals surface area contributed by atoms with E-state index in [0.717, 1.165) is 12.8 Å². The van der Waals surface area contributed by atoms with Crippen molar-refractivity contribution < 1.29 is 9.18 Å². The van der Waals surface area contributed by atoms with E-state index in [-0.39, 0.29) is 23.6 Å². The monoisotopic (exact) mass is 246 g/mol. The van der Waals surface area contributed by atoms with Gasteiger partial charge in [-0.25, -0.2) is 4.39 Å². The Morgan fingerprint density at radius 1 is 1.56 bits per heavy atom. The molecule has 0 aromatic heterocycles. The molecule has 2 rings (SSSR count). The summed E-state index contributed by atoms with van der Waals surface area (Å²) in [6, 6.07) is 4.29. The van der Waals surface area contributed by atoms with Gasteiger partial charge >= 0.3 is 0 Å². The van der Waals surface area contributed by atoms with E-state index in [4.69, 9.17) is 5.73 Å². The van der Waals surface area contributed by atoms with Crippen molar-refractivity contribution in [1.29, 1.82) is 0 Å². The third-order valence-corrected chi connectivity index (χ3v) is 2.97. The molecule has 1 aromatic carbocycles. The van der Waals surface area contributed by atoms with E-state index in [0.29, 0.717) is 5.56 Å². The zero-order valence-corrected chi connectivity index (χ0v) is 10.2. The van der Waals surface area contributed by atoms with Crippen LogP contribution >= 0.6 is 0 Å². The molecule has 18 heavy (non-hydrogen) atoms. The molecular formula is C14H15FN2O. The molecule has 1 aliphatic rings. The van der Waals surface area contributed by atoms with E-state index in [1.54, 1.807) is 6.07 Å². The molecule has 0 aliphatic heterocycles. The molecule has 0 unspecified atom stereocenters. The minimum Gasteiger partial charge on any atom is -0.347 e. The Labute approximate surface area is 106 Å². The van der Waals surface area contributed by atoms with Gasteiger partial charge in [0.15, 0.2) is 0 Å². The fraction of sp³-hybridized carbons (Fsp3) is 0.357. The molecule has 0 bridgehead atoms. The molecule has 1 saturated carbocycles. The van der Waals surface area contributed by atoms with Gasteiger partial charge in [0.1, 0.15) is 5.82 Å². The highest BCUT2D eigenvalue weighted by Crippen LogP contribution is 2.34. The van der Waals surface area contributed by atoms with Crippen molar-refractivity contribution in [3.05, 3.63) is 35.1 Å². The predicted molar refractivity (Wildman–Crippen MR) is 67.4 cm³/mol. The first-order chi connectivity index (χ1) is 8.54. The normalized spacial score (nSPS) is 15.5. The summed E-state index contributed by atoms with van der Waals surface area (Å²) in [5.41, 5.74) is 5.69. The lowest BCUT2D eigenvalue weighted by Crippen LogP contribution is -2.34. The number of carbonyl (C=O) groups excluding carboxylic acids is 1. The van der Waals surface area contributed by atoms with E-state index in [9.17, 15) is 9.18 Å². The van der Waals surface area contributed by atoms with E-state index < -0.39 is 5.82 Å². The Kier molecular flexibility index (Phi) is 3.35. The summed E-state index contributed by atoms with van der Waals surface area (Å²) in [6.07, 6.45) is 1.95. The number of hydrogen-bond donors (Lipinski definition) is 2. The van der Waals surface area contributed by atoms with Gasteiger partial charge in [0.2, 0.25) is 0 Å². The summed E-state index contributed by atoms with van der Waals surface area (Å²) in [7, 11) is 0. The molecule has 0 radical (unpaired) electrons. The molecule has 4 heteroatoms. The second-order valence-corrected chi connectivity index (χ2v) is 4.72. The van der Waals surface area contributed by atoms with Gasteiger partial charge in [0.25, 0.3) is 5.91 Å². The first-order valence-corrected chi connectivity index (χ1v) is 5.85. The first-order valence-electron chi connectivity index (χ1n) is 5.85. The molecule has 1 fully saturated rings. The highest BCUT2D eigenvalue weighted by Gasteiger charge is 2.38. The summed E-state index contributed by atoms with van der Waals surface area (Å²) in [5, 5.41) is 2.87. The zero-order chi connectivity index (χ0) is 13.2. The van der Waals surface area contributed by atoms with Gasteiger partial charge in [-0.2, -0.15) is 0 Å². The van der Waals surface area contributed by atoms with Gasteiger partial charge in [-0.3, -0.25) is 4.79 Å². The second-order valence-electron chi connectivity index (χ2n) is 4.72. The summed E-state index contributed by atoms with van der Waals surface area (Å²) >= 11 is 0. The fourth-order valence-corrected chi connectivity index (χ4v) is 1.56. The minimum absolute atomic E-state index is 0.106. The van der Waals surface area contributed by atoms with Crippen molar-refractivity contribution >= 4 is 5.91 Å². The van der Waals surface area contributed by atoms with Crippen LogP contribution in [0.1, 0.15) is 35.7 Å². The van der Waals surface area contributed by atoms with Crippen LogP contribution < -0.4 is 11.1 Å². The second kappa shape index (κ2) is 4.79. The number of nitrogens with one attached hydrogen (secondary N) is 1. The molecule has 3 nitrogen and oxygen atoms in total. The Hall–Kier alpha value is -1.86. The predicted octanol–water partition coefficient (Wildman–Crippen LogP) is 1.42. The summed E-state index contributed by atoms with van der Waals surface area (Å²) in [6.45, 7) is 2.16. The Morgan fingerprint density at radius 2 is 2.28 bits per heavy atom.